The third-order valence-corrected chi connectivity index (χ3v) is 6.82. The van der Waals surface area contributed by atoms with Crippen molar-refractivity contribution in [2.45, 2.75) is 38.7 Å². The standard InChI is InChI=1S/C21H27N3O3S/c1-4-22-20-23-14(2)18(28-20)19(25)24-11-9-21(10-12-24)17-15(8-13-27-21)6-5-7-16(17)26-3/h5-7H,4,8-13H2,1-3H3,(H,22,23). The van der Waals surface area contributed by atoms with E-state index in [1.807, 2.05) is 30.9 Å². The molecule has 2 aromatic rings. The molecule has 0 atom stereocenters. The average molecular weight is 402 g/mol. The number of aromatic nitrogens is 1. The predicted octanol–water partition coefficient (Wildman–Crippen LogP) is 3.60. The molecule has 3 heterocycles. The first-order valence-electron chi connectivity index (χ1n) is 9.89. The lowest BCUT2D eigenvalue weighted by molar-refractivity contribution is -0.0946. The molecule has 4 rings (SSSR count). The molecule has 1 aromatic carbocycles. The maximum absolute atomic E-state index is 13.1. The Morgan fingerprint density at radius 3 is 2.89 bits per heavy atom. The SMILES string of the molecule is CCNc1nc(C)c(C(=O)N2CCC3(CC2)OCCc2cccc(OC)c23)s1. The number of nitrogens with one attached hydrogen (secondary N) is 1. The molecule has 2 aliphatic rings. The van der Waals surface area contributed by atoms with Gasteiger partial charge in [0.05, 0.1) is 19.4 Å². The van der Waals surface area contributed by atoms with Crippen molar-refractivity contribution in [2.75, 3.05) is 38.7 Å². The zero-order valence-corrected chi connectivity index (χ0v) is 17.5. The van der Waals surface area contributed by atoms with E-state index >= 15 is 0 Å². The molecule has 1 fully saturated rings. The minimum Gasteiger partial charge on any atom is -0.496 e. The third-order valence-electron chi connectivity index (χ3n) is 5.71. The van der Waals surface area contributed by atoms with E-state index in [0.717, 1.165) is 47.3 Å². The van der Waals surface area contributed by atoms with Crippen LogP contribution >= 0.6 is 11.3 Å². The molecule has 7 heteroatoms. The fourth-order valence-electron chi connectivity index (χ4n) is 4.33. The number of nitrogens with zero attached hydrogens (tertiary/aromatic N) is 2. The molecule has 0 unspecified atom stereocenters. The summed E-state index contributed by atoms with van der Waals surface area (Å²) in [4.78, 5) is 20.2. The number of fused-ring (bicyclic) bond motifs is 2. The number of piperidine rings is 1. The number of anilines is 1. The van der Waals surface area contributed by atoms with Crippen molar-refractivity contribution in [2.24, 2.45) is 0 Å². The van der Waals surface area contributed by atoms with E-state index in [2.05, 4.69) is 16.4 Å². The molecular weight excluding hydrogens is 374 g/mol. The highest BCUT2D eigenvalue weighted by atomic mass is 32.1. The van der Waals surface area contributed by atoms with E-state index in [-0.39, 0.29) is 11.5 Å². The van der Waals surface area contributed by atoms with Gasteiger partial charge in [0.25, 0.3) is 5.91 Å². The second kappa shape index (κ2) is 7.72. The van der Waals surface area contributed by atoms with E-state index in [0.29, 0.717) is 19.7 Å². The minimum absolute atomic E-state index is 0.0741. The largest absolute Gasteiger partial charge is 0.496 e. The Kier molecular flexibility index (Phi) is 5.29. The molecule has 150 valence electrons. The molecule has 1 aromatic heterocycles. The van der Waals surface area contributed by atoms with Crippen molar-refractivity contribution >= 4 is 22.4 Å². The van der Waals surface area contributed by atoms with Crippen molar-refractivity contribution in [1.82, 2.24) is 9.88 Å². The van der Waals surface area contributed by atoms with Crippen LogP contribution in [0.15, 0.2) is 18.2 Å². The van der Waals surface area contributed by atoms with Gasteiger partial charge in [-0.2, -0.15) is 0 Å². The Morgan fingerprint density at radius 1 is 1.39 bits per heavy atom. The number of thiazole rings is 1. The number of ether oxygens (including phenoxy) is 2. The van der Waals surface area contributed by atoms with Crippen molar-refractivity contribution in [3.63, 3.8) is 0 Å². The van der Waals surface area contributed by atoms with Crippen molar-refractivity contribution in [3.05, 3.63) is 39.9 Å². The average Bonchev–Trinajstić information content (AvgIpc) is 3.08. The molecule has 1 saturated heterocycles. The lowest BCUT2D eigenvalue weighted by atomic mass is 9.78. The molecule has 0 aliphatic carbocycles. The van der Waals surface area contributed by atoms with E-state index in [1.54, 1.807) is 7.11 Å². The molecule has 28 heavy (non-hydrogen) atoms. The number of likely N-dealkylation sites (tertiary alicyclic amines) is 1. The molecule has 2 aliphatic heterocycles. The number of hydrogen-bond acceptors (Lipinski definition) is 6. The Balaban J connectivity index is 1.54. The summed E-state index contributed by atoms with van der Waals surface area (Å²) in [6, 6.07) is 6.22. The Labute approximate surface area is 169 Å². The van der Waals surface area contributed by atoms with Gasteiger partial charge in [-0.1, -0.05) is 23.5 Å². The normalized spacial score (nSPS) is 18.0. The molecule has 6 nitrogen and oxygen atoms in total. The Hall–Kier alpha value is -2.12. The van der Waals surface area contributed by atoms with Gasteiger partial charge in [-0.3, -0.25) is 4.79 Å². The predicted molar refractivity (Wildman–Crippen MR) is 110 cm³/mol. The third kappa shape index (κ3) is 3.26. The maximum atomic E-state index is 13.1. The van der Waals surface area contributed by atoms with Gasteiger partial charge in [-0.25, -0.2) is 4.98 Å². The summed E-state index contributed by atoms with van der Waals surface area (Å²) in [5, 5.41) is 4.01. The van der Waals surface area contributed by atoms with E-state index in [9.17, 15) is 4.79 Å². The summed E-state index contributed by atoms with van der Waals surface area (Å²) in [6.07, 6.45) is 2.47. The van der Waals surface area contributed by atoms with Crippen LogP contribution in [0.25, 0.3) is 0 Å². The number of amides is 1. The summed E-state index contributed by atoms with van der Waals surface area (Å²) in [5.41, 5.74) is 2.93. The first-order valence-corrected chi connectivity index (χ1v) is 10.7. The monoisotopic (exact) mass is 401 g/mol. The quantitative estimate of drug-likeness (QED) is 0.848. The van der Waals surface area contributed by atoms with Gasteiger partial charge in [-0.05, 0) is 44.7 Å². The van der Waals surface area contributed by atoms with Gasteiger partial charge in [0.2, 0.25) is 0 Å². The summed E-state index contributed by atoms with van der Waals surface area (Å²) in [5.74, 6) is 0.968. The van der Waals surface area contributed by atoms with E-state index < -0.39 is 0 Å². The van der Waals surface area contributed by atoms with Gasteiger partial charge in [0.1, 0.15) is 16.2 Å². The summed E-state index contributed by atoms with van der Waals surface area (Å²) in [7, 11) is 1.71. The van der Waals surface area contributed by atoms with Crippen LogP contribution in [0.4, 0.5) is 5.13 Å². The topological polar surface area (TPSA) is 63.7 Å². The zero-order valence-electron chi connectivity index (χ0n) is 16.7. The lowest BCUT2D eigenvalue weighted by Gasteiger charge is -2.45. The van der Waals surface area contributed by atoms with Crippen LogP contribution in [0.3, 0.4) is 0 Å². The summed E-state index contributed by atoms with van der Waals surface area (Å²) >= 11 is 1.44. The number of rotatable bonds is 4. The highest BCUT2D eigenvalue weighted by molar-refractivity contribution is 7.17. The van der Waals surface area contributed by atoms with Crippen molar-refractivity contribution < 1.29 is 14.3 Å². The maximum Gasteiger partial charge on any atom is 0.265 e. The van der Waals surface area contributed by atoms with Crippen LogP contribution in [0.5, 0.6) is 5.75 Å². The Bertz CT molecular complexity index is 858. The van der Waals surface area contributed by atoms with Crippen LogP contribution in [0.1, 0.15) is 46.3 Å². The van der Waals surface area contributed by atoms with E-state index in [1.165, 1.54) is 22.5 Å². The number of benzene rings is 1. The second-order valence-corrected chi connectivity index (χ2v) is 8.34. The number of aryl methyl sites for hydroxylation is 1. The summed E-state index contributed by atoms with van der Waals surface area (Å²) < 4.78 is 12.0. The molecule has 0 saturated carbocycles. The fraction of sp³-hybridized carbons (Fsp3) is 0.524. The smallest absolute Gasteiger partial charge is 0.265 e. The van der Waals surface area contributed by atoms with Gasteiger partial charge < -0.3 is 19.7 Å². The molecule has 1 amide bonds. The van der Waals surface area contributed by atoms with E-state index in [4.69, 9.17) is 9.47 Å². The molecule has 0 bridgehead atoms. The molecule has 1 N–H and O–H groups in total. The molecule has 1 spiro atoms. The first kappa shape index (κ1) is 19.2. The number of methoxy groups -OCH3 is 1. The van der Waals surface area contributed by atoms with Gasteiger partial charge in [-0.15, -0.1) is 0 Å². The first-order chi connectivity index (χ1) is 13.6. The fourth-order valence-corrected chi connectivity index (χ4v) is 5.33. The molecule has 0 radical (unpaired) electrons. The molecular formula is C21H27N3O3S. The zero-order chi connectivity index (χ0) is 19.7. The summed E-state index contributed by atoms with van der Waals surface area (Å²) in [6.45, 7) is 6.79. The highest BCUT2D eigenvalue weighted by Crippen LogP contribution is 2.46. The van der Waals surface area contributed by atoms with Crippen molar-refractivity contribution in [1.29, 1.82) is 0 Å². The van der Waals surface area contributed by atoms with Crippen LogP contribution in [-0.4, -0.2) is 49.1 Å². The van der Waals surface area contributed by atoms with Crippen LogP contribution < -0.4 is 10.1 Å². The van der Waals surface area contributed by atoms with Crippen molar-refractivity contribution in [3.8, 4) is 5.75 Å². The number of carbonyl (C=O) groups is 1. The van der Waals surface area contributed by atoms with Crippen LogP contribution in [-0.2, 0) is 16.8 Å². The number of hydrogen-bond donors (Lipinski definition) is 1. The van der Waals surface area contributed by atoms with Gasteiger partial charge in [0, 0.05) is 25.2 Å². The minimum atomic E-state index is -0.353. The van der Waals surface area contributed by atoms with Crippen LogP contribution in [0.2, 0.25) is 0 Å². The lowest BCUT2D eigenvalue weighted by Crippen LogP contribution is -2.48. The number of carbonyl (C=O) groups excluding carboxylic acids is 1. The highest BCUT2D eigenvalue weighted by Gasteiger charge is 2.44. The van der Waals surface area contributed by atoms with Crippen LogP contribution in [0, 0.1) is 6.92 Å². The van der Waals surface area contributed by atoms with Gasteiger partial charge in [0.15, 0.2) is 5.13 Å². The Morgan fingerprint density at radius 2 is 2.18 bits per heavy atom. The second-order valence-electron chi connectivity index (χ2n) is 7.34. The van der Waals surface area contributed by atoms with Gasteiger partial charge >= 0.3 is 0 Å².